The maximum atomic E-state index is 14.6. The lowest BCUT2D eigenvalue weighted by molar-refractivity contribution is 0.102. The summed E-state index contributed by atoms with van der Waals surface area (Å²) in [5.41, 5.74) is 2.40. The average Bonchev–Trinajstić information content (AvgIpc) is 3.32. The number of fused-ring (bicyclic) bond motifs is 1. The zero-order valence-corrected chi connectivity index (χ0v) is 16.4. The molecule has 1 amide bonds. The first-order chi connectivity index (χ1) is 14.5. The third-order valence-electron chi connectivity index (χ3n) is 5.25. The minimum absolute atomic E-state index is 0.264. The fourth-order valence-electron chi connectivity index (χ4n) is 3.38. The summed E-state index contributed by atoms with van der Waals surface area (Å²) in [6.07, 6.45) is 5.31. The molecule has 9 heteroatoms. The summed E-state index contributed by atoms with van der Waals surface area (Å²) in [5, 5.41) is 15.3. The first-order valence-electron chi connectivity index (χ1n) is 9.59. The molecule has 0 bridgehead atoms. The minimum atomic E-state index is -0.424. The maximum Gasteiger partial charge on any atom is 0.259 e. The zero-order valence-electron chi connectivity index (χ0n) is 16.4. The van der Waals surface area contributed by atoms with Crippen molar-refractivity contribution in [3.05, 3.63) is 59.4 Å². The molecule has 1 fully saturated rings. The van der Waals surface area contributed by atoms with E-state index >= 15 is 0 Å². The van der Waals surface area contributed by atoms with E-state index in [9.17, 15) is 9.18 Å². The van der Waals surface area contributed by atoms with E-state index in [0.717, 1.165) is 18.7 Å². The number of hydrogen-bond donors (Lipinski definition) is 2. The van der Waals surface area contributed by atoms with Crippen molar-refractivity contribution in [3.63, 3.8) is 0 Å². The number of carbonyl (C=O) groups is 1. The van der Waals surface area contributed by atoms with Crippen molar-refractivity contribution < 1.29 is 13.9 Å². The number of carbonyl (C=O) groups excluding carboxylic acids is 1. The van der Waals surface area contributed by atoms with Gasteiger partial charge in [0.1, 0.15) is 17.4 Å². The van der Waals surface area contributed by atoms with Gasteiger partial charge in [0.25, 0.3) is 5.91 Å². The maximum absolute atomic E-state index is 14.6. The summed E-state index contributed by atoms with van der Waals surface area (Å²) >= 11 is 0. The minimum Gasteiger partial charge on any atom is -0.495 e. The predicted molar refractivity (Wildman–Crippen MR) is 108 cm³/mol. The van der Waals surface area contributed by atoms with Crippen LogP contribution >= 0.6 is 0 Å². The predicted octanol–water partition coefficient (Wildman–Crippen LogP) is 3.71. The summed E-state index contributed by atoms with van der Waals surface area (Å²) < 4.78 is 21.4. The van der Waals surface area contributed by atoms with Gasteiger partial charge in [-0.15, -0.1) is 10.2 Å². The van der Waals surface area contributed by atoms with Crippen LogP contribution in [-0.2, 0) is 0 Å². The number of amides is 1. The van der Waals surface area contributed by atoms with Crippen LogP contribution in [0.1, 0.15) is 40.5 Å². The highest BCUT2D eigenvalue weighted by molar-refractivity contribution is 6.09. The van der Waals surface area contributed by atoms with Crippen molar-refractivity contribution >= 4 is 17.1 Å². The molecule has 5 rings (SSSR count). The molecule has 152 valence electrons. The number of H-pyrrole nitrogens is 1. The van der Waals surface area contributed by atoms with Crippen LogP contribution in [0.3, 0.4) is 0 Å². The Morgan fingerprint density at radius 1 is 1.30 bits per heavy atom. The summed E-state index contributed by atoms with van der Waals surface area (Å²) in [5.74, 6) is 1.38. The van der Waals surface area contributed by atoms with Crippen molar-refractivity contribution in [3.8, 4) is 17.1 Å². The SMILES string of the molecule is COc1ccc2c(C(=O)Nc3cc(-c4nnc(C5CC5)[nH]4)c(F)cc3C)cnn2c1. The molecule has 1 aliphatic carbocycles. The van der Waals surface area contributed by atoms with Gasteiger partial charge in [0, 0.05) is 11.6 Å². The number of ether oxygens (including phenoxy) is 1. The molecule has 1 saturated carbocycles. The van der Waals surface area contributed by atoms with Gasteiger partial charge in [-0.3, -0.25) is 4.79 Å². The molecule has 0 aliphatic heterocycles. The Hall–Kier alpha value is -3.75. The molecule has 0 spiro atoms. The molecule has 0 saturated heterocycles. The zero-order chi connectivity index (χ0) is 20.8. The van der Waals surface area contributed by atoms with Gasteiger partial charge in [0.15, 0.2) is 5.82 Å². The van der Waals surface area contributed by atoms with E-state index in [1.165, 1.54) is 12.3 Å². The number of nitrogens with zero attached hydrogens (tertiary/aromatic N) is 4. The Labute approximate surface area is 171 Å². The highest BCUT2D eigenvalue weighted by Gasteiger charge is 2.28. The molecule has 1 aliphatic rings. The van der Waals surface area contributed by atoms with Gasteiger partial charge in [-0.25, -0.2) is 8.91 Å². The van der Waals surface area contributed by atoms with Gasteiger partial charge in [-0.05, 0) is 49.6 Å². The fraction of sp³-hybridized carbons (Fsp3) is 0.238. The molecule has 30 heavy (non-hydrogen) atoms. The molecule has 3 aromatic heterocycles. The number of methoxy groups -OCH3 is 1. The summed E-state index contributed by atoms with van der Waals surface area (Å²) in [7, 11) is 1.56. The highest BCUT2D eigenvalue weighted by atomic mass is 19.1. The third kappa shape index (κ3) is 3.18. The molecule has 3 heterocycles. The quantitative estimate of drug-likeness (QED) is 0.527. The third-order valence-corrected chi connectivity index (χ3v) is 5.25. The lowest BCUT2D eigenvalue weighted by Gasteiger charge is -2.10. The molecule has 8 nitrogen and oxygen atoms in total. The lowest BCUT2D eigenvalue weighted by atomic mass is 10.1. The second-order valence-electron chi connectivity index (χ2n) is 7.39. The van der Waals surface area contributed by atoms with Gasteiger partial charge in [-0.1, -0.05) is 0 Å². The summed E-state index contributed by atoms with van der Waals surface area (Å²) in [4.78, 5) is 16.0. The highest BCUT2D eigenvalue weighted by Crippen LogP contribution is 2.38. The van der Waals surface area contributed by atoms with Gasteiger partial charge in [0.05, 0.1) is 36.1 Å². The number of aromatic nitrogens is 5. The summed E-state index contributed by atoms with van der Waals surface area (Å²) in [6, 6.07) is 6.48. The van der Waals surface area contributed by atoms with Gasteiger partial charge in [0.2, 0.25) is 0 Å². The topological polar surface area (TPSA) is 97.2 Å². The smallest absolute Gasteiger partial charge is 0.259 e. The monoisotopic (exact) mass is 406 g/mol. The number of aryl methyl sites for hydroxylation is 1. The van der Waals surface area contributed by atoms with Crippen LogP contribution in [-0.4, -0.2) is 37.8 Å². The van der Waals surface area contributed by atoms with Gasteiger partial charge >= 0.3 is 0 Å². The van der Waals surface area contributed by atoms with Gasteiger partial charge in [-0.2, -0.15) is 5.10 Å². The van der Waals surface area contributed by atoms with Crippen LogP contribution in [0.15, 0.2) is 36.7 Å². The number of anilines is 1. The van der Waals surface area contributed by atoms with Crippen molar-refractivity contribution in [1.29, 1.82) is 0 Å². The normalized spacial score (nSPS) is 13.6. The van der Waals surface area contributed by atoms with Crippen molar-refractivity contribution in [1.82, 2.24) is 24.8 Å². The lowest BCUT2D eigenvalue weighted by Crippen LogP contribution is -2.13. The standard InChI is InChI=1S/C21H19FN6O2/c1-11-7-16(22)14(20-25-19(26-27-20)12-3-4-12)8-17(11)24-21(29)15-9-23-28-10-13(30-2)5-6-18(15)28/h5-10,12H,3-4H2,1-2H3,(H,24,29)(H,25,26,27). The second-order valence-corrected chi connectivity index (χ2v) is 7.39. The van der Waals surface area contributed by atoms with Crippen molar-refractivity contribution in [2.45, 2.75) is 25.7 Å². The van der Waals surface area contributed by atoms with E-state index in [1.54, 1.807) is 42.9 Å². The molecule has 4 aromatic rings. The number of rotatable bonds is 5. The number of hydrogen-bond acceptors (Lipinski definition) is 5. The number of nitrogens with one attached hydrogen (secondary N) is 2. The Kier molecular flexibility index (Phi) is 4.23. The largest absolute Gasteiger partial charge is 0.495 e. The van der Waals surface area contributed by atoms with E-state index in [-0.39, 0.29) is 11.5 Å². The molecule has 0 atom stereocenters. The first-order valence-corrected chi connectivity index (χ1v) is 9.59. The van der Waals surface area contributed by atoms with Crippen LogP contribution in [0.4, 0.5) is 10.1 Å². The fourth-order valence-corrected chi connectivity index (χ4v) is 3.38. The molecular formula is C21H19FN6O2. The first kappa shape index (κ1) is 18.3. The molecule has 0 unspecified atom stereocenters. The van der Waals surface area contributed by atoms with Crippen LogP contribution in [0.25, 0.3) is 16.9 Å². The summed E-state index contributed by atoms with van der Waals surface area (Å²) in [6.45, 7) is 1.74. The Morgan fingerprint density at radius 2 is 2.13 bits per heavy atom. The van der Waals surface area contributed by atoms with E-state index in [0.29, 0.717) is 39.8 Å². The van der Waals surface area contributed by atoms with E-state index in [2.05, 4.69) is 25.6 Å². The Morgan fingerprint density at radius 3 is 2.90 bits per heavy atom. The molecule has 0 radical (unpaired) electrons. The number of pyridine rings is 1. The molecular weight excluding hydrogens is 387 g/mol. The van der Waals surface area contributed by atoms with E-state index in [4.69, 9.17) is 4.74 Å². The second kappa shape index (κ2) is 6.94. The Balaban J connectivity index is 1.46. The van der Waals surface area contributed by atoms with Crippen LogP contribution < -0.4 is 10.1 Å². The number of aromatic amines is 1. The molecule has 1 aromatic carbocycles. The molecule has 2 N–H and O–H groups in total. The Bertz CT molecular complexity index is 1270. The van der Waals surface area contributed by atoms with Crippen LogP contribution in [0, 0.1) is 12.7 Å². The van der Waals surface area contributed by atoms with E-state index < -0.39 is 5.82 Å². The van der Waals surface area contributed by atoms with Crippen molar-refractivity contribution in [2.75, 3.05) is 12.4 Å². The van der Waals surface area contributed by atoms with Gasteiger partial charge < -0.3 is 15.0 Å². The average molecular weight is 406 g/mol. The number of benzene rings is 1. The van der Waals surface area contributed by atoms with Crippen LogP contribution in [0.5, 0.6) is 5.75 Å². The van der Waals surface area contributed by atoms with Crippen LogP contribution in [0.2, 0.25) is 0 Å². The van der Waals surface area contributed by atoms with E-state index in [1.807, 2.05) is 0 Å². The van der Waals surface area contributed by atoms with Crippen molar-refractivity contribution in [2.24, 2.45) is 0 Å². The number of halogens is 1.